The fourth-order valence-electron chi connectivity index (χ4n) is 1.22. The molecule has 0 aliphatic carbocycles. The van der Waals surface area contributed by atoms with Crippen LogP contribution in [0.2, 0.25) is 0 Å². The van der Waals surface area contributed by atoms with Crippen LogP contribution in [0.5, 0.6) is 5.75 Å². The number of halogens is 8. The minimum absolute atomic E-state index is 0.167. The molecule has 0 atom stereocenters. The Morgan fingerprint density at radius 3 is 2.05 bits per heavy atom. The fourth-order valence-corrected chi connectivity index (χ4v) is 2.11. The van der Waals surface area contributed by atoms with Crippen molar-refractivity contribution in [2.24, 2.45) is 0 Å². The van der Waals surface area contributed by atoms with Crippen LogP contribution in [0.15, 0.2) is 11.1 Å². The van der Waals surface area contributed by atoms with Gasteiger partial charge in [0.15, 0.2) is 10.8 Å². The maximum absolute atomic E-state index is 12.8. The van der Waals surface area contributed by atoms with Gasteiger partial charge in [0.1, 0.15) is 5.56 Å². The molecule has 0 amide bonds. The van der Waals surface area contributed by atoms with Gasteiger partial charge in [-0.25, -0.2) is 13.4 Å². The zero-order valence-corrected chi connectivity index (χ0v) is 11.7. The van der Waals surface area contributed by atoms with Crippen molar-refractivity contribution in [1.29, 1.82) is 0 Å². The van der Waals surface area contributed by atoms with Gasteiger partial charge in [0.2, 0.25) is 0 Å². The van der Waals surface area contributed by atoms with Gasteiger partial charge in [-0.05, 0) is 6.07 Å². The highest BCUT2D eigenvalue weighted by Gasteiger charge is 2.42. The smallest absolute Gasteiger partial charge is 0.403 e. The van der Waals surface area contributed by atoms with Gasteiger partial charge >= 0.3 is 12.5 Å². The number of alkyl halides is 7. The molecule has 0 spiro atoms. The molecule has 13 heteroatoms. The van der Waals surface area contributed by atoms with Crippen molar-refractivity contribution in [3.63, 3.8) is 0 Å². The molecule has 0 bridgehead atoms. The van der Waals surface area contributed by atoms with Crippen LogP contribution in [0.25, 0.3) is 0 Å². The predicted octanol–water partition coefficient (Wildman–Crippen LogP) is 3.67. The van der Waals surface area contributed by atoms with Gasteiger partial charge in [-0.15, -0.1) is 24.8 Å². The molecular weight excluding hydrogens is 375 g/mol. The van der Waals surface area contributed by atoms with Crippen molar-refractivity contribution in [3.8, 4) is 5.75 Å². The van der Waals surface area contributed by atoms with Crippen molar-refractivity contribution >= 4 is 31.3 Å². The minimum Gasteiger partial charge on any atom is -0.403 e. The number of hydrogen-bond donors (Lipinski definition) is 0. The maximum atomic E-state index is 12.8. The summed E-state index contributed by atoms with van der Waals surface area (Å²) < 4.78 is 100.0. The van der Waals surface area contributed by atoms with Gasteiger partial charge < -0.3 is 4.74 Å². The van der Waals surface area contributed by atoms with Crippen LogP contribution < -0.4 is 4.74 Å². The molecule has 4 nitrogen and oxygen atoms in total. The van der Waals surface area contributed by atoms with Crippen LogP contribution in [0.1, 0.15) is 11.3 Å². The zero-order valence-electron chi connectivity index (χ0n) is 9.39. The second-order valence-corrected chi connectivity index (χ2v) is 6.18. The predicted molar refractivity (Wildman–Crippen MR) is 58.5 cm³/mol. The Morgan fingerprint density at radius 2 is 1.71 bits per heavy atom. The molecule has 0 aliphatic heterocycles. The molecule has 120 valence electrons. The number of rotatable bonds is 3. The Balaban J connectivity index is 3.69. The molecule has 1 rings (SSSR count). The summed E-state index contributed by atoms with van der Waals surface area (Å²) in [7, 11) is 0.118. The average Bonchev–Trinajstić information content (AvgIpc) is 2.23. The van der Waals surface area contributed by atoms with Crippen LogP contribution in [-0.4, -0.2) is 19.8 Å². The topological polar surface area (TPSA) is 56.3 Å². The molecule has 1 heterocycles. The summed E-state index contributed by atoms with van der Waals surface area (Å²) in [6.07, 6.45) is -10.8. The van der Waals surface area contributed by atoms with E-state index >= 15 is 0 Å². The summed E-state index contributed by atoms with van der Waals surface area (Å²) in [5, 5.41) is -1.29. The summed E-state index contributed by atoms with van der Waals surface area (Å²) in [4.78, 5) is 3.04. The first kappa shape index (κ1) is 18.1. The summed E-state index contributed by atoms with van der Waals surface area (Å²) in [5.41, 5.74) is -3.08. The summed E-state index contributed by atoms with van der Waals surface area (Å²) in [5.74, 6) is -2.69. The van der Waals surface area contributed by atoms with Crippen LogP contribution in [-0.2, 0) is 21.1 Å². The summed E-state index contributed by atoms with van der Waals surface area (Å²) in [6.45, 7) is 0. The first-order valence-electron chi connectivity index (χ1n) is 4.63. The molecule has 1 aromatic heterocycles. The van der Waals surface area contributed by atoms with E-state index in [4.69, 9.17) is 22.3 Å². The lowest BCUT2D eigenvalue weighted by Gasteiger charge is -2.18. The van der Waals surface area contributed by atoms with Gasteiger partial charge in [-0.2, -0.15) is 13.2 Å². The Kier molecular flexibility index (Phi) is 4.91. The minimum atomic E-state index is -5.45. The molecule has 0 saturated heterocycles. The SMILES string of the molecule is O=S(=O)(Cl)c1cc(C(F)(F)F)c(OC(F)(F)F)c(CCl)n1. The third-order valence-corrected chi connectivity index (χ3v) is 3.36. The van der Waals surface area contributed by atoms with Crippen LogP contribution >= 0.6 is 22.3 Å². The van der Waals surface area contributed by atoms with Crippen LogP contribution in [0, 0.1) is 0 Å². The molecule has 21 heavy (non-hydrogen) atoms. The first-order valence-corrected chi connectivity index (χ1v) is 7.47. The molecule has 0 fully saturated rings. The monoisotopic (exact) mass is 377 g/mol. The Bertz CT molecular complexity index is 643. The highest BCUT2D eigenvalue weighted by atomic mass is 35.7. The standard InChI is InChI=1S/C8H3Cl2F6NO3S/c9-2-4-6(20-8(14,15)16)3(7(11,12)13)1-5(17-4)21(10,18)19/h1H,2H2. The van der Waals surface area contributed by atoms with Gasteiger partial charge in [0.25, 0.3) is 9.05 Å². The number of hydrogen-bond acceptors (Lipinski definition) is 4. The van der Waals surface area contributed by atoms with Crippen molar-refractivity contribution in [2.45, 2.75) is 23.4 Å². The lowest BCUT2D eigenvalue weighted by molar-refractivity contribution is -0.276. The molecule has 0 aliphatic rings. The zero-order chi connectivity index (χ0) is 16.6. The number of ether oxygens (including phenoxy) is 1. The fraction of sp³-hybridized carbons (Fsp3) is 0.375. The molecular formula is C8H3Cl2F6NO3S. The highest BCUT2D eigenvalue weighted by molar-refractivity contribution is 8.13. The van der Waals surface area contributed by atoms with E-state index in [9.17, 15) is 34.8 Å². The average molecular weight is 378 g/mol. The highest BCUT2D eigenvalue weighted by Crippen LogP contribution is 2.41. The first-order chi connectivity index (χ1) is 9.25. The Morgan fingerprint density at radius 1 is 1.19 bits per heavy atom. The normalized spacial score (nSPS) is 13.3. The number of aromatic nitrogens is 1. The number of nitrogens with zero attached hydrogens (tertiary/aromatic N) is 1. The van der Waals surface area contributed by atoms with E-state index in [1.807, 2.05) is 0 Å². The third kappa shape index (κ3) is 4.78. The van der Waals surface area contributed by atoms with Gasteiger partial charge in [0.05, 0.1) is 11.6 Å². The van der Waals surface area contributed by atoms with E-state index in [0.29, 0.717) is 0 Å². The van der Waals surface area contributed by atoms with E-state index in [2.05, 4.69) is 9.72 Å². The van der Waals surface area contributed by atoms with Crippen molar-refractivity contribution in [1.82, 2.24) is 4.98 Å². The second-order valence-electron chi connectivity index (χ2n) is 3.40. The maximum Gasteiger partial charge on any atom is 0.573 e. The van der Waals surface area contributed by atoms with Gasteiger partial charge in [-0.1, -0.05) is 0 Å². The quantitative estimate of drug-likeness (QED) is 0.458. The molecule has 0 saturated carbocycles. The molecule has 1 aromatic rings. The largest absolute Gasteiger partial charge is 0.573 e. The van der Waals surface area contributed by atoms with Crippen molar-refractivity contribution in [2.75, 3.05) is 0 Å². The molecule has 0 aromatic carbocycles. The number of pyridine rings is 1. The third-order valence-electron chi connectivity index (χ3n) is 1.92. The Labute approximate surface area is 123 Å². The summed E-state index contributed by atoms with van der Waals surface area (Å²) in [6, 6.07) is -0.167. The second kappa shape index (κ2) is 5.69. The van der Waals surface area contributed by atoms with E-state index in [1.54, 1.807) is 0 Å². The molecule has 0 unspecified atom stereocenters. The van der Waals surface area contributed by atoms with E-state index in [0.717, 1.165) is 0 Å². The lowest BCUT2D eigenvalue weighted by Crippen LogP contribution is -2.22. The lowest BCUT2D eigenvalue weighted by atomic mass is 10.2. The van der Waals surface area contributed by atoms with Crippen molar-refractivity contribution < 1.29 is 39.5 Å². The van der Waals surface area contributed by atoms with Gasteiger partial charge in [0, 0.05) is 10.7 Å². The van der Waals surface area contributed by atoms with Crippen molar-refractivity contribution in [3.05, 3.63) is 17.3 Å². The van der Waals surface area contributed by atoms with Crippen LogP contribution in [0.3, 0.4) is 0 Å². The van der Waals surface area contributed by atoms with E-state index < -0.39 is 49.5 Å². The Hall–Kier alpha value is -0.940. The van der Waals surface area contributed by atoms with E-state index in [1.165, 1.54) is 0 Å². The molecule has 0 radical (unpaired) electrons. The summed E-state index contributed by atoms with van der Waals surface area (Å²) >= 11 is 5.19. The van der Waals surface area contributed by atoms with Gasteiger partial charge in [-0.3, -0.25) is 0 Å². The van der Waals surface area contributed by atoms with Crippen LogP contribution in [0.4, 0.5) is 26.3 Å². The molecule has 0 N–H and O–H groups in total. The van der Waals surface area contributed by atoms with E-state index in [-0.39, 0.29) is 6.07 Å².